The van der Waals surface area contributed by atoms with Gasteiger partial charge in [0, 0.05) is 98.5 Å². The highest BCUT2D eigenvalue weighted by Crippen LogP contribution is 2.53. The second-order valence-electron chi connectivity index (χ2n) is 26.9. The molecule has 3 N–H and O–H groups in total. The third-order valence-electron chi connectivity index (χ3n) is 20.9. The Kier molecular flexibility index (Phi) is 15.9. The average molecular weight is 1210 g/mol. The summed E-state index contributed by atoms with van der Waals surface area (Å²) in [6.07, 6.45) is 12.0. The van der Waals surface area contributed by atoms with Crippen molar-refractivity contribution >= 4 is 81.2 Å². The molecule has 4 saturated heterocycles. The molecule has 0 bridgehead atoms. The predicted molar refractivity (Wildman–Crippen MR) is 334 cm³/mol. The molecule has 6 aliphatic heterocycles. The Morgan fingerprint density at radius 1 is 0.764 bits per heavy atom. The molecule has 13 rings (SSSR count). The van der Waals surface area contributed by atoms with Crippen LogP contribution >= 0.6 is 0 Å². The zero-order valence-electron chi connectivity index (χ0n) is 51.9. The van der Waals surface area contributed by atoms with Crippen LogP contribution < -0.4 is 25.8 Å². The van der Waals surface area contributed by atoms with Crippen molar-refractivity contribution in [2.45, 2.75) is 173 Å². The standard InChI is InChI=1S/C68H81FN12O8/c1-38(2)71-61(83)48-35-52(50(69)31-40(48)5)73-60-59-53(70-37-79(59)39(3)4)36-51(72-60)43-17-18-49-56(32-43)80(46-33-45(34-46)76-25-8-7-9-26-76)67(89)68(49)23-29-78(30-24-68)64(86)42-15-13-41(14-16-42)63(85)77-27-21-44(22-28-77)75(6)54-12-10-11-47-58(54)66(88)81(65(47)87)55-19-20-57(82)74-62(55)84/h10-12,17-18,31-32,35-39,41-42,44-46,55H,7-9,13-16,19-30,33-34H2,1-6H3,(H,71,83)(H,72,73)(H,74,82,84). The number of benzene rings is 3. The van der Waals surface area contributed by atoms with Crippen LogP contribution in [0.15, 0.2) is 60.9 Å². The number of pyridine rings is 1. The number of aromatic nitrogens is 3. The number of nitrogens with one attached hydrogen (secondary N) is 3. The Hall–Kier alpha value is -8.07. The van der Waals surface area contributed by atoms with E-state index >= 15 is 9.18 Å². The van der Waals surface area contributed by atoms with Crippen molar-refractivity contribution in [1.82, 2.24) is 44.8 Å². The zero-order chi connectivity index (χ0) is 62.3. The molecule has 21 heteroatoms. The lowest BCUT2D eigenvalue weighted by Crippen LogP contribution is -2.58. The number of likely N-dealkylation sites (tertiary alicyclic amines) is 3. The molecular weight excluding hydrogens is 1130 g/mol. The molecule has 1 atom stereocenters. The maximum Gasteiger partial charge on any atom is 0.264 e. The van der Waals surface area contributed by atoms with E-state index in [1.807, 2.05) is 66.1 Å². The lowest BCUT2D eigenvalue weighted by molar-refractivity contribution is -0.143. The molecule has 8 aliphatic rings. The highest BCUT2D eigenvalue weighted by Gasteiger charge is 2.56. The molecule has 8 heterocycles. The van der Waals surface area contributed by atoms with E-state index < -0.39 is 40.9 Å². The Bertz CT molecular complexity index is 3710. The van der Waals surface area contributed by atoms with Gasteiger partial charge < -0.3 is 39.7 Å². The second kappa shape index (κ2) is 23.7. The summed E-state index contributed by atoms with van der Waals surface area (Å²) in [7, 11) is 1.89. The van der Waals surface area contributed by atoms with Crippen LogP contribution in [0.2, 0.25) is 0 Å². The molecule has 20 nitrogen and oxygen atoms in total. The first-order chi connectivity index (χ1) is 42.8. The first kappa shape index (κ1) is 59.9. The molecule has 1 unspecified atom stereocenters. The third-order valence-corrected chi connectivity index (χ3v) is 20.9. The Labute approximate surface area is 518 Å². The van der Waals surface area contributed by atoms with E-state index in [-0.39, 0.29) is 89.3 Å². The zero-order valence-corrected chi connectivity index (χ0v) is 51.9. The van der Waals surface area contributed by atoms with Gasteiger partial charge in [-0.3, -0.25) is 48.6 Å². The van der Waals surface area contributed by atoms with Gasteiger partial charge in [0.2, 0.25) is 29.5 Å². The fourth-order valence-electron chi connectivity index (χ4n) is 15.8. The Morgan fingerprint density at radius 2 is 1.45 bits per heavy atom. The number of fused-ring (bicyclic) bond motifs is 4. The molecule has 5 aromatic rings. The largest absolute Gasteiger partial charge is 0.371 e. The summed E-state index contributed by atoms with van der Waals surface area (Å²) in [6.45, 7) is 13.7. The van der Waals surface area contributed by atoms with Crippen molar-refractivity contribution in [2.24, 2.45) is 11.8 Å². The number of imide groups is 2. The summed E-state index contributed by atoms with van der Waals surface area (Å²) < 4.78 is 18.0. The smallest absolute Gasteiger partial charge is 0.264 e. The second-order valence-corrected chi connectivity index (χ2v) is 26.9. The third kappa shape index (κ3) is 10.7. The van der Waals surface area contributed by atoms with Gasteiger partial charge in [0.25, 0.3) is 17.7 Å². The van der Waals surface area contributed by atoms with Gasteiger partial charge in [-0.2, -0.15) is 0 Å². The van der Waals surface area contributed by atoms with Crippen molar-refractivity contribution in [3.8, 4) is 11.3 Å². The molecule has 89 heavy (non-hydrogen) atoms. The molecule has 468 valence electrons. The molecular formula is C68H81FN12O8. The molecule has 2 saturated carbocycles. The lowest BCUT2D eigenvalue weighted by atomic mass is 9.72. The number of hydrogen-bond donors (Lipinski definition) is 3. The number of hydrogen-bond acceptors (Lipinski definition) is 13. The number of nitrogens with zero attached hydrogens (tertiary/aromatic N) is 9. The number of carbonyl (C=O) groups is 8. The molecule has 6 fully saturated rings. The van der Waals surface area contributed by atoms with Crippen LogP contribution in [0.5, 0.6) is 0 Å². The van der Waals surface area contributed by atoms with Gasteiger partial charge in [-0.05, 0) is 179 Å². The maximum atomic E-state index is 16.0. The molecule has 8 amide bonds. The predicted octanol–water partition coefficient (Wildman–Crippen LogP) is 8.57. The van der Waals surface area contributed by atoms with Crippen LogP contribution in [0, 0.1) is 24.6 Å². The first-order valence-corrected chi connectivity index (χ1v) is 32.4. The van der Waals surface area contributed by atoms with Crippen LogP contribution in [-0.4, -0.2) is 158 Å². The summed E-state index contributed by atoms with van der Waals surface area (Å²) >= 11 is 0. The van der Waals surface area contributed by atoms with Crippen LogP contribution in [-0.2, 0) is 29.4 Å². The SMILES string of the molecule is Cc1cc(F)c(Nc2nc(-c3ccc4c(c3)N(C3CC(N5CCCCC5)C3)C(=O)C43CCN(C(=O)C4CCC(C(=O)N5CCC(N(C)c6cccc7c6C(=O)N(C6CCC(=O)NC6=O)C7=O)CC5)CC4)CC3)cc3ncn(C(C)C)c23)cc1C(=O)NC(C)C. The highest BCUT2D eigenvalue weighted by molar-refractivity contribution is 6.25. The summed E-state index contributed by atoms with van der Waals surface area (Å²) in [5, 5.41) is 8.46. The van der Waals surface area contributed by atoms with Crippen LogP contribution in [0.4, 0.5) is 27.3 Å². The quantitative estimate of drug-likeness (QED) is 0.0942. The minimum atomic E-state index is -1.06. The minimum Gasteiger partial charge on any atom is -0.371 e. The topological polar surface area (TPSA) is 223 Å². The maximum absolute atomic E-state index is 16.0. The van der Waals surface area contributed by atoms with Crippen LogP contribution in [0.1, 0.15) is 172 Å². The number of aryl methyl sites for hydroxylation is 1. The highest BCUT2D eigenvalue weighted by atomic mass is 19.1. The number of halogens is 1. The molecule has 0 radical (unpaired) electrons. The summed E-state index contributed by atoms with van der Waals surface area (Å²) in [4.78, 5) is 131. The van der Waals surface area contributed by atoms with Crippen molar-refractivity contribution in [3.63, 3.8) is 0 Å². The molecule has 3 aromatic carbocycles. The van der Waals surface area contributed by atoms with E-state index in [4.69, 9.17) is 9.97 Å². The normalized spacial score (nSPS) is 24.0. The number of imidazole rings is 1. The average Bonchev–Trinajstić information content (AvgIpc) is 1.63. The first-order valence-electron chi connectivity index (χ1n) is 32.4. The monoisotopic (exact) mass is 1210 g/mol. The van der Waals surface area contributed by atoms with E-state index in [0.717, 1.165) is 47.6 Å². The molecule has 2 aliphatic carbocycles. The van der Waals surface area contributed by atoms with E-state index in [2.05, 4.69) is 37.9 Å². The lowest BCUT2D eigenvalue weighted by Gasteiger charge is -2.48. The number of amides is 8. The summed E-state index contributed by atoms with van der Waals surface area (Å²) in [5.74, 6) is -2.73. The Balaban J connectivity index is 0.679. The van der Waals surface area contributed by atoms with Gasteiger partial charge in [0.15, 0.2) is 5.82 Å². The van der Waals surface area contributed by atoms with Gasteiger partial charge in [0.1, 0.15) is 17.4 Å². The van der Waals surface area contributed by atoms with Gasteiger partial charge in [-0.15, -0.1) is 0 Å². The fraction of sp³-hybridized carbons (Fsp3) is 0.529. The Morgan fingerprint density at radius 3 is 2.11 bits per heavy atom. The van der Waals surface area contributed by atoms with Gasteiger partial charge in [0.05, 0.1) is 45.5 Å². The van der Waals surface area contributed by atoms with E-state index in [0.29, 0.717) is 123 Å². The van der Waals surface area contributed by atoms with Crippen molar-refractivity contribution in [2.75, 3.05) is 61.4 Å². The number of anilines is 4. The molecule has 1 spiro atoms. The van der Waals surface area contributed by atoms with E-state index in [1.165, 1.54) is 31.4 Å². The van der Waals surface area contributed by atoms with Crippen molar-refractivity contribution in [1.29, 1.82) is 0 Å². The van der Waals surface area contributed by atoms with Crippen molar-refractivity contribution in [3.05, 3.63) is 94.6 Å². The van der Waals surface area contributed by atoms with E-state index in [9.17, 15) is 33.6 Å². The van der Waals surface area contributed by atoms with Gasteiger partial charge >= 0.3 is 0 Å². The van der Waals surface area contributed by atoms with E-state index in [1.54, 1.807) is 31.5 Å². The van der Waals surface area contributed by atoms with Crippen molar-refractivity contribution < 1.29 is 42.7 Å². The van der Waals surface area contributed by atoms with Gasteiger partial charge in [-0.1, -0.05) is 24.6 Å². The minimum absolute atomic E-state index is 0.00150. The van der Waals surface area contributed by atoms with Crippen LogP contribution in [0.3, 0.4) is 0 Å². The fourth-order valence-corrected chi connectivity index (χ4v) is 15.8. The number of carbonyl (C=O) groups excluding carboxylic acids is 8. The summed E-state index contributed by atoms with van der Waals surface area (Å²) in [5.41, 5.74) is 5.78. The summed E-state index contributed by atoms with van der Waals surface area (Å²) in [6, 6.07) is 15.4. The molecule has 2 aromatic heterocycles. The number of rotatable bonds is 13. The number of piperidine rings is 4. The van der Waals surface area contributed by atoms with Crippen LogP contribution in [0.25, 0.3) is 22.3 Å². The van der Waals surface area contributed by atoms with Gasteiger partial charge in [-0.25, -0.2) is 14.4 Å².